The molecule has 0 aliphatic heterocycles. The molecule has 0 radical (unpaired) electrons. The molecule has 0 spiro atoms. The molecule has 2 heteroatoms. The Balaban J connectivity index is 3.72. The second-order valence-electron chi connectivity index (χ2n) is 1.94. The standard InChI is InChI=1S/C5H8IN/c1-5(2,7)3-4-6/h7H2,1-2H3. The van der Waals surface area contributed by atoms with Crippen LogP contribution in [0.3, 0.4) is 0 Å². The summed E-state index contributed by atoms with van der Waals surface area (Å²) in [6, 6.07) is 0. The Bertz CT molecular complexity index is 101. The van der Waals surface area contributed by atoms with Crippen molar-refractivity contribution in [3.63, 3.8) is 0 Å². The van der Waals surface area contributed by atoms with Crippen molar-refractivity contribution in [3.05, 3.63) is 0 Å². The van der Waals surface area contributed by atoms with Crippen LogP contribution in [0.25, 0.3) is 0 Å². The van der Waals surface area contributed by atoms with Crippen LogP contribution in [0.15, 0.2) is 0 Å². The Kier molecular flexibility index (Phi) is 2.62. The predicted octanol–water partition coefficient (Wildman–Crippen LogP) is 1.12. The van der Waals surface area contributed by atoms with Gasteiger partial charge in [-0.3, -0.25) is 0 Å². The van der Waals surface area contributed by atoms with E-state index in [2.05, 4.69) is 9.85 Å². The third-order valence-corrected chi connectivity index (χ3v) is 0.639. The third kappa shape index (κ3) is 6.25. The molecular formula is C5H8IN. The summed E-state index contributed by atoms with van der Waals surface area (Å²) < 4.78 is 2.70. The van der Waals surface area contributed by atoms with Crippen molar-refractivity contribution in [2.75, 3.05) is 0 Å². The highest BCUT2D eigenvalue weighted by Gasteiger charge is 2.02. The Hall–Kier alpha value is 0.250. The van der Waals surface area contributed by atoms with Crippen LogP contribution >= 0.6 is 22.6 Å². The van der Waals surface area contributed by atoms with Crippen LogP contribution in [0.4, 0.5) is 0 Å². The summed E-state index contributed by atoms with van der Waals surface area (Å²) in [7, 11) is 0. The summed E-state index contributed by atoms with van der Waals surface area (Å²) in [4.78, 5) is 0. The fourth-order valence-electron chi connectivity index (χ4n) is 0.122. The molecule has 0 rings (SSSR count). The molecule has 40 valence electrons. The summed E-state index contributed by atoms with van der Waals surface area (Å²) in [6.45, 7) is 3.75. The van der Waals surface area contributed by atoms with Crippen molar-refractivity contribution in [2.45, 2.75) is 19.4 Å². The van der Waals surface area contributed by atoms with Crippen LogP contribution in [0.2, 0.25) is 0 Å². The lowest BCUT2D eigenvalue weighted by atomic mass is 10.1. The summed E-state index contributed by atoms with van der Waals surface area (Å²) in [5.74, 6) is 2.80. The molecule has 7 heavy (non-hydrogen) atoms. The van der Waals surface area contributed by atoms with Gasteiger partial charge in [0.2, 0.25) is 0 Å². The van der Waals surface area contributed by atoms with E-state index in [1.807, 2.05) is 36.4 Å². The second kappa shape index (κ2) is 2.53. The van der Waals surface area contributed by atoms with Gasteiger partial charge in [-0.1, -0.05) is 5.92 Å². The highest BCUT2D eigenvalue weighted by atomic mass is 127. The predicted molar refractivity (Wildman–Crippen MR) is 40.1 cm³/mol. The molecule has 0 fully saturated rings. The van der Waals surface area contributed by atoms with E-state index < -0.39 is 0 Å². The molecule has 0 aliphatic carbocycles. The average molecular weight is 209 g/mol. The molecule has 0 unspecified atom stereocenters. The van der Waals surface area contributed by atoms with Crippen LogP contribution in [0.1, 0.15) is 13.8 Å². The highest BCUT2D eigenvalue weighted by molar-refractivity contribution is 14.1. The monoisotopic (exact) mass is 209 g/mol. The molecule has 0 amide bonds. The molecular weight excluding hydrogens is 201 g/mol. The zero-order valence-electron chi connectivity index (χ0n) is 4.46. The van der Waals surface area contributed by atoms with E-state index in [-0.39, 0.29) is 5.54 Å². The van der Waals surface area contributed by atoms with E-state index in [0.29, 0.717) is 0 Å². The van der Waals surface area contributed by atoms with E-state index in [9.17, 15) is 0 Å². The summed E-state index contributed by atoms with van der Waals surface area (Å²) in [5.41, 5.74) is 5.15. The first-order valence-corrected chi connectivity index (χ1v) is 3.06. The topological polar surface area (TPSA) is 26.0 Å². The minimum atomic E-state index is -0.318. The van der Waals surface area contributed by atoms with Crippen molar-refractivity contribution < 1.29 is 0 Å². The van der Waals surface area contributed by atoms with E-state index >= 15 is 0 Å². The number of hydrogen-bond acceptors (Lipinski definition) is 1. The minimum absolute atomic E-state index is 0.318. The first-order valence-electron chi connectivity index (χ1n) is 1.98. The first-order chi connectivity index (χ1) is 3.06. The molecule has 0 aromatic rings. The lowest BCUT2D eigenvalue weighted by molar-refractivity contribution is 0.681. The number of nitrogens with two attached hydrogens (primary N) is 1. The van der Waals surface area contributed by atoms with Gasteiger partial charge in [0.15, 0.2) is 0 Å². The van der Waals surface area contributed by atoms with Gasteiger partial charge in [-0.2, -0.15) is 0 Å². The van der Waals surface area contributed by atoms with Gasteiger partial charge in [0.05, 0.1) is 5.54 Å². The molecule has 0 heterocycles. The molecule has 0 aromatic carbocycles. The SMILES string of the molecule is CC(C)(N)C#CI. The van der Waals surface area contributed by atoms with Crippen LogP contribution < -0.4 is 5.73 Å². The molecule has 0 aromatic heterocycles. The van der Waals surface area contributed by atoms with Gasteiger partial charge < -0.3 is 5.73 Å². The van der Waals surface area contributed by atoms with Crippen molar-refractivity contribution in [3.8, 4) is 9.85 Å². The van der Waals surface area contributed by atoms with Gasteiger partial charge in [0.25, 0.3) is 0 Å². The summed E-state index contributed by atoms with van der Waals surface area (Å²) in [6.07, 6.45) is 0. The molecule has 0 saturated carbocycles. The van der Waals surface area contributed by atoms with Gasteiger partial charge in [-0.05, 0) is 17.8 Å². The molecule has 0 saturated heterocycles. The summed E-state index contributed by atoms with van der Waals surface area (Å²) >= 11 is 1.97. The number of halogens is 1. The molecule has 1 nitrogen and oxygen atoms in total. The van der Waals surface area contributed by atoms with Gasteiger partial charge in [0.1, 0.15) is 0 Å². The Morgan fingerprint density at radius 3 is 2.00 bits per heavy atom. The molecule has 0 atom stereocenters. The average Bonchev–Trinajstić information content (AvgIpc) is 1.30. The molecule has 0 bridgehead atoms. The fourth-order valence-corrected chi connectivity index (χ4v) is 0.817. The quantitative estimate of drug-likeness (QED) is 0.469. The number of rotatable bonds is 0. The summed E-state index contributed by atoms with van der Waals surface area (Å²) in [5, 5.41) is 0. The zero-order chi connectivity index (χ0) is 5.91. The first kappa shape index (κ1) is 7.25. The minimum Gasteiger partial charge on any atom is -0.316 e. The van der Waals surface area contributed by atoms with E-state index in [1.54, 1.807) is 0 Å². The smallest absolute Gasteiger partial charge is 0.0727 e. The Morgan fingerprint density at radius 1 is 1.57 bits per heavy atom. The van der Waals surface area contributed by atoms with Crippen molar-refractivity contribution in [1.82, 2.24) is 0 Å². The maximum Gasteiger partial charge on any atom is 0.0727 e. The van der Waals surface area contributed by atoms with Gasteiger partial charge >= 0.3 is 0 Å². The van der Waals surface area contributed by atoms with Crippen LogP contribution in [0.5, 0.6) is 0 Å². The maximum absolute atomic E-state index is 5.47. The van der Waals surface area contributed by atoms with Crippen LogP contribution in [0, 0.1) is 9.85 Å². The van der Waals surface area contributed by atoms with Gasteiger partial charge in [-0.25, -0.2) is 0 Å². The second-order valence-corrected chi connectivity index (χ2v) is 2.48. The number of hydrogen-bond donors (Lipinski definition) is 1. The Morgan fingerprint density at radius 2 is 2.00 bits per heavy atom. The van der Waals surface area contributed by atoms with Crippen molar-refractivity contribution >= 4 is 22.6 Å². The fraction of sp³-hybridized carbons (Fsp3) is 0.600. The van der Waals surface area contributed by atoms with Crippen molar-refractivity contribution in [2.24, 2.45) is 5.73 Å². The third-order valence-electron chi connectivity index (χ3n) is 0.369. The maximum atomic E-state index is 5.47. The largest absolute Gasteiger partial charge is 0.316 e. The van der Waals surface area contributed by atoms with Crippen molar-refractivity contribution in [1.29, 1.82) is 0 Å². The van der Waals surface area contributed by atoms with E-state index in [4.69, 9.17) is 5.73 Å². The van der Waals surface area contributed by atoms with Crippen LogP contribution in [-0.4, -0.2) is 5.54 Å². The lowest BCUT2D eigenvalue weighted by Crippen LogP contribution is -2.29. The highest BCUT2D eigenvalue weighted by Crippen LogP contribution is 1.91. The molecule has 0 aliphatic rings. The zero-order valence-corrected chi connectivity index (χ0v) is 6.61. The van der Waals surface area contributed by atoms with Crippen LogP contribution in [-0.2, 0) is 0 Å². The Labute approximate surface area is 57.8 Å². The molecule has 2 N–H and O–H groups in total. The van der Waals surface area contributed by atoms with Gasteiger partial charge in [0, 0.05) is 22.6 Å². The lowest BCUT2D eigenvalue weighted by Gasteiger charge is -2.05. The normalized spacial score (nSPS) is 9.71. The van der Waals surface area contributed by atoms with E-state index in [0.717, 1.165) is 0 Å². The van der Waals surface area contributed by atoms with E-state index in [1.165, 1.54) is 0 Å². The van der Waals surface area contributed by atoms with Gasteiger partial charge in [-0.15, -0.1) is 0 Å².